The first kappa shape index (κ1) is 25.4. The van der Waals surface area contributed by atoms with Crippen molar-refractivity contribution in [3.05, 3.63) is 146 Å². The van der Waals surface area contributed by atoms with E-state index in [0.717, 1.165) is 88.1 Å². The van der Waals surface area contributed by atoms with E-state index in [1.165, 1.54) is 21.8 Å². The fraction of sp³-hybridized carbons (Fsp3) is 0. The molecule has 5 nitrogen and oxygen atoms in total. The number of fused-ring (bicyclic) bond motifs is 14. The number of para-hydroxylation sites is 5. The summed E-state index contributed by atoms with van der Waals surface area (Å²) in [6, 6.07) is 51.7. The highest BCUT2D eigenvalue weighted by Crippen LogP contribution is 2.45. The lowest BCUT2D eigenvalue weighted by atomic mass is 9.99. The maximum Gasteiger partial charge on any atom is 0.165 e. The highest BCUT2D eigenvalue weighted by atomic mass is 16.3. The van der Waals surface area contributed by atoms with Crippen molar-refractivity contribution in [2.24, 2.45) is 0 Å². The van der Waals surface area contributed by atoms with Gasteiger partial charge in [0.05, 0.1) is 33.1 Å². The van der Waals surface area contributed by atoms with Crippen molar-refractivity contribution in [1.82, 2.24) is 18.9 Å². The van der Waals surface area contributed by atoms with Crippen LogP contribution >= 0.6 is 0 Å². The lowest BCUT2D eigenvalue weighted by Crippen LogP contribution is -1.93. The molecule has 226 valence electrons. The molecule has 12 aromatic rings. The molecule has 49 heavy (non-hydrogen) atoms. The zero-order valence-electron chi connectivity index (χ0n) is 26.1. The Morgan fingerprint density at radius 1 is 0.449 bits per heavy atom. The van der Waals surface area contributed by atoms with Crippen LogP contribution in [0.2, 0.25) is 0 Å². The smallest absolute Gasteiger partial charge is 0.165 e. The fourth-order valence-electron chi connectivity index (χ4n) is 8.30. The molecule has 0 saturated heterocycles. The molecule has 0 atom stereocenters. The van der Waals surface area contributed by atoms with E-state index in [1.807, 2.05) is 36.4 Å². The monoisotopic (exact) mass is 624 g/mol. The number of hydrogen-bond acceptors (Lipinski definition) is 3. The van der Waals surface area contributed by atoms with E-state index in [0.29, 0.717) is 0 Å². The lowest BCUT2D eigenvalue weighted by molar-refractivity contribution is 0.671. The van der Waals surface area contributed by atoms with Crippen molar-refractivity contribution >= 4 is 93.1 Å². The summed E-state index contributed by atoms with van der Waals surface area (Å²) in [6.45, 7) is 0. The van der Waals surface area contributed by atoms with Crippen molar-refractivity contribution in [2.75, 3.05) is 0 Å². The Hall–Kier alpha value is -6.72. The third kappa shape index (κ3) is 3.24. The summed E-state index contributed by atoms with van der Waals surface area (Å²) in [5.41, 5.74) is 13.2. The topological polar surface area (TPSA) is 48.3 Å². The van der Waals surface area contributed by atoms with E-state index in [2.05, 4.69) is 118 Å². The molecule has 0 radical (unpaired) electrons. The van der Waals surface area contributed by atoms with Gasteiger partial charge in [0.15, 0.2) is 11.2 Å². The van der Waals surface area contributed by atoms with Crippen LogP contribution in [0.5, 0.6) is 0 Å². The molecule has 0 fully saturated rings. The molecule has 0 unspecified atom stereocenters. The van der Waals surface area contributed by atoms with Crippen LogP contribution in [0, 0.1) is 0 Å². The number of furan rings is 1. The standard InChI is InChI=1S/C44H24N4O/c1-2-10-27(11-3-1)47-37-16-8-4-12-28(37)29-19-18-25(24-38(29)47)26-22-33-31-20-21-32-30-13-5-9-17-39(30)49-43(32)42(31)48-41(33)34(23-26)40-44(48)46-36-15-7-6-14-35(36)45-40/h1-24H. The summed E-state index contributed by atoms with van der Waals surface area (Å²) >= 11 is 0. The van der Waals surface area contributed by atoms with Crippen molar-refractivity contribution in [3.63, 3.8) is 0 Å². The van der Waals surface area contributed by atoms with Crippen LogP contribution < -0.4 is 0 Å². The summed E-state index contributed by atoms with van der Waals surface area (Å²) in [6.07, 6.45) is 0. The second-order valence-electron chi connectivity index (χ2n) is 13.0. The Kier molecular flexibility index (Phi) is 4.66. The third-order valence-corrected chi connectivity index (χ3v) is 10.4. The average Bonchev–Trinajstić information content (AvgIpc) is 3.89. The summed E-state index contributed by atoms with van der Waals surface area (Å²) in [4.78, 5) is 10.5. The molecule has 0 N–H and O–H groups in total. The van der Waals surface area contributed by atoms with E-state index < -0.39 is 0 Å². The van der Waals surface area contributed by atoms with Gasteiger partial charge in [-0.25, -0.2) is 9.97 Å². The zero-order chi connectivity index (χ0) is 31.8. The maximum absolute atomic E-state index is 6.64. The van der Waals surface area contributed by atoms with E-state index >= 15 is 0 Å². The van der Waals surface area contributed by atoms with Gasteiger partial charge in [-0.2, -0.15) is 0 Å². The molecular weight excluding hydrogens is 601 g/mol. The lowest BCUT2D eigenvalue weighted by Gasteiger charge is -2.09. The van der Waals surface area contributed by atoms with Gasteiger partial charge in [-0.15, -0.1) is 0 Å². The fourth-order valence-corrected chi connectivity index (χ4v) is 8.30. The van der Waals surface area contributed by atoms with Gasteiger partial charge in [0, 0.05) is 43.4 Å². The summed E-state index contributed by atoms with van der Waals surface area (Å²) in [5.74, 6) is 0. The highest BCUT2D eigenvalue weighted by molar-refractivity contribution is 6.28. The van der Waals surface area contributed by atoms with Crippen molar-refractivity contribution in [2.45, 2.75) is 0 Å². The highest BCUT2D eigenvalue weighted by Gasteiger charge is 2.24. The SMILES string of the molecule is c1ccc(-n2c3ccccc3c3ccc(-c4cc5c6ccc7c8ccccc8oc7c6n6c7nc8ccccc8nc7c(c4)c56)cc32)cc1. The molecule has 12 rings (SSSR count). The van der Waals surface area contributed by atoms with Crippen LogP contribution in [0.25, 0.3) is 110 Å². The largest absolute Gasteiger partial charge is 0.454 e. The minimum absolute atomic E-state index is 0.846. The Morgan fingerprint density at radius 2 is 1.14 bits per heavy atom. The first-order valence-electron chi connectivity index (χ1n) is 16.6. The third-order valence-electron chi connectivity index (χ3n) is 10.4. The van der Waals surface area contributed by atoms with Gasteiger partial charge in [0.1, 0.15) is 11.1 Å². The summed E-state index contributed by atoms with van der Waals surface area (Å²) < 4.78 is 11.3. The van der Waals surface area contributed by atoms with E-state index in [-0.39, 0.29) is 0 Å². The molecule has 0 aliphatic carbocycles. The molecule has 7 aromatic carbocycles. The zero-order valence-corrected chi connectivity index (χ0v) is 26.1. The maximum atomic E-state index is 6.64. The van der Waals surface area contributed by atoms with Crippen LogP contribution in [0.4, 0.5) is 0 Å². The quantitative estimate of drug-likeness (QED) is 0.192. The summed E-state index contributed by atoms with van der Waals surface area (Å²) in [7, 11) is 0. The van der Waals surface area contributed by atoms with Gasteiger partial charge in [0.25, 0.3) is 0 Å². The first-order chi connectivity index (χ1) is 24.3. The molecule has 0 bridgehead atoms. The minimum Gasteiger partial charge on any atom is -0.454 e. The Morgan fingerprint density at radius 3 is 2.04 bits per heavy atom. The van der Waals surface area contributed by atoms with Crippen LogP contribution in [0.1, 0.15) is 0 Å². The van der Waals surface area contributed by atoms with Crippen LogP contribution in [-0.2, 0) is 0 Å². The van der Waals surface area contributed by atoms with Gasteiger partial charge >= 0.3 is 0 Å². The van der Waals surface area contributed by atoms with E-state index in [1.54, 1.807) is 0 Å². The van der Waals surface area contributed by atoms with Gasteiger partial charge in [-0.05, 0) is 71.8 Å². The van der Waals surface area contributed by atoms with Gasteiger partial charge < -0.3 is 8.98 Å². The molecule has 0 amide bonds. The van der Waals surface area contributed by atoms with Crippen LogP contribution in [0.15, 0.2) is 150 Å². The Balaban J connectivity index is 1.23. The molecular formula is C44H24N4O. The second kappa shape index (κ2) is 9.00. The minimum atomic E-state index is 0.846. The van der Waals surface area contributed by atoms with Crippen LogP contribution in [-0.4, -0.2) is 18.9 Å². The summed E-state index contributed by atoms with van der Waals surface area (Å²) in [5, 5.41) is 8.09. The molecule has 5 heterocycles. The molecule has 0 aliphatic heterocycles. The van der Waals surface area contributed by atoms with Crippen molar-refractivity contribution < 1.29 is 4.42 Å². The van der Waals surface area contributed by atoms with Gasteiger partial charge in [-0.3, -0.25) is 4.40 Å². The molecule has 0 aliphatic rings. The van der Waals surface area contributed by atoms with Gasteiger partial charge in [-0.1, -0.05) is 84.9 Å². The first-order valence-corrected chi connectivity index (χ1v) is 16.6. The van der Waals surface area contributed by atoms with Crippen molar-refractivity contribution in [3.8, 4) is 16.8 Å². The number of hydrogen-bond donors (Lipinski definition) is 0. The number of rotatable bonds is 2. The number of benzene rings is 7. The van der Waals surface area contributed by atoms with E-state index in [9.17, 15) is 0 Å². The Bertz CT molecular complexity index is 3330. The van der Waals surface area contributed by atoms with Crippen molar-refractivity contribution in [1.29, 1.82) is 0 Å². The van der Waals surface area contributed by atoms with Crippen LogP contribution in [0.3, 0.4) is 0 Å². The molecule has 0 spiro atoms. The molecule has 5 aromatic heterocycles. The van der Waals surface area contributed by atoms with Gasteiger partial charge in [0.2, 0.25) is 0 Å². The predicted octanol–water partition coefficient (Wildman–Crippen LogP) is 11.4. The predicted molar refractivity (Wildman–Crippen MR) is 201 cm³/mol. The molecule has 5 heteroatoms. The Labute approximate surface area is 278 Å². The van der Waals surface area contributed by atoms with E-state index in [4.69, 9.17) is 14.4 Å². The number of nitrogens with zero attached hydrogens (tertiary/aromatic N) is 4. The average molecular weight is 625 g/mol. The number of aromatic nitrogens is 4. The normalized spacial score (nSPS) is 12.5. The molecule has 0 saturated carbocycles. The second-order valence-corrected chi connectivity index (χ2v) is 13.0.